The van der Waals surface area contributed by atoms with Crippen LogP contribution in [0.4, 0.5) is 0 Å². The third-order valence-corrected chi connectivity index (χ3v) is 3.83. The van der Waals surface area contributed by atoms with Crippen LogP contribution in [0.5, 0.6) is 5.75 Å². The molecule has 1 aromatic heterocycles. The largest absolute Gasteiger partial charge is 0.507 e. The summed E-state index contributed by atoms with van der Waals surface area (Å²) in [6.07, 6.45) is 4.16. The molecule has 0 radical (unpaired) electrons. The minimum Gasteiger partial charge on any atom is -0.507 e. The van der Waals surface area contributed by atoms with Crippen molar-refractivity contribution in [1.29, 1.82) is 0 Å². The average molecular weight is 339 g/mol. The number of rotatable bonds is 3. The van der Waals surface area contributed by atoms with Crippen LogP contribution in [0.3, 0.4) is 0 Å². The van der Waals surface area contributed by atoms with E-state index in [4.69, 9.17) is 9.26 Å². The van der Waals surface area contributed by atoms with E-state index in [2.05, 4.69) is 26.1 Å². The average Bonchev–Trinajstić information content (AvgIpc) is 2.91. The molecule has 6 heteroatoms. The number of aromatic nitrogens is 2. The fraction of sp³-hybridized carbons (Fsp3) is 0.429. The van der Waals surface area contributed by atoms with E-state index in [0.717, 1.165) is 23.9 Å². The molecule has 3 rings (SSSR count). The van der Waals surface area contributed by atoms with Crippen molar-refractivity contribution in [3.63, 3.8) is 0 Å². The van der Waals surface area contributed by atoms with Crippen LogP contribution >= 0.6 is 15.9 Å². The maximum atomic E-state index is 9.85. The summed E-state index contributed by atoms with van der Waals surface area (Å²) in [5, 5.41) is 13.8. The van der Waals surface area contributed by atoms with Gasteiger partial charge in [0, 0.05) is 17.5 Å². The monoisotopic (exact) mass is 338 g/mol. The van der Waals surface area contributed by atoms with Gasteiger partial charge in [0.1, 0.15) is 5.75 Å². The molecule has 20 heavy (non-hydrogen) atoms. The van der Waals surface area contributed by atoms with Crippen molar-refractivity contribution in [3.8, 4) is 17.2 Å². The zero-order chi connectivity index (χ0) is 13.9. The summed E-state index contributed by atoms with van der Waals surface area (Å²) >= 11 is 3.36. The first kappa shape index (κ1) is 13.6. The zero-order valence-corrected chi connectivity index (χ0v) is 12.5. The molecular weight excluding hydrogens is 324 g/mol. The number of nitrogens with zero attached hydrogens (tertiary/aromatic N) is 2. The molecule has 0 amide bonds. The Kier molecular flexibility index (Phi) is 4.03. The first-order chi connectivity index (χ1) is 9.72. The molecule has 1 atom stereocenters. The molecule has 1 aliphatic rings. The van der Waals surface area contributed by atoms with Crippen LogP contribution in [0, 0.1) is 0 Å². The molecule has 0 aliphatic carbocycles. The predicted octanol–water partition coefficient (Wildman–Crippen LogP) is 3.32. The molecule has 5 nitrogen and oxygen atoms in total. The van der Waals surface area contributed by atoms with Gasteiger partial charge in [0.15, 0.2) is 5.82 Å². The van der Waals surface area contributed by atoms with Gasteiger partial charge in [-0.15, -0.1) is 0 Å². The number of hydrogen-bond donors (Lipinski definition) is 1. The fourth-order valence-electron chi connectivity index (χ4n) is 2.30. The molecule has 2 heterocycles. The van der Waals surface area contributed by atoms with E-state index >= 15 is 0 Å². The van der Waals surface area contributed by atoms with Gasteiger partial charge in [-0.2, -0.15) is 4.98 Å². The van der Waals surface area contributed by atoms with Gasteiger partial charge >= 0.3 is 0 Å². The smallest absolute Gasteiger partial charge is 0.261 e. The Bertz CT molecular complexity index is 594. The molecular formula is C14H15BrN2O3. The molecule has 1 saturated heterocycles. The number of halogens is 1. The summed E-state index contributed by atoms with van der Waals surface area (Å²) < 4.78 is 11.7. The van der Waals surface area contributed by atoms with Crippen LogP contribution in [0.25, 0.3) is 11.5 Å². The zero-order valence-electron chi connectivity index (χ0n) is 10.9. The van der Waals surface area contributed by atoms with E-state index in [1.54, 1.807) is 18.2 Å². The summed E-state index contributed by atoms with van der Waals surface area (Å²) in [5.41, 5.74) is 0.530. The molecule has 2 aromatic rings. The maximum Gasteiger partial charge on any atom is 0.261 e. The highest BCUT2D eigenvalue weighted by Crippen LogP contribution is 2.30. The van der Waals surface area contributed by atoms with Crippen LogP contribution in [-0.2, 0) is 11.2 Å². The molecule has 1 aromatic carbocycles. The topological polar surface area (TPSA) is 68.4 Å². The first-order valence-electron chi connectivity index (χ1n) is 6.65. The Morgan fingerprint density at radius 3 is 3.05 bits per heavy atom. The van der Waals surface area contributed by atoms with Crippen LogP contribution in [0.2, 0.25) is 0 Å². The molecule has 106 valence electrons. The van der Waals surface area contributed by atoms with Crippen LogP contribution in [0.1, 0.15) is 25.1 Å². The van der Waals surface area contributed by atoms with Crippen molar-refractivity contribution in [2.45, 2.75) is 31.8 Å². The van der Waals surface area contributed by atoms with Crippen molar-refractivity contribution >= 4 is 15.9 Å². The lowest BCUT2D eigenvalue weighted by Gasteiger charge is -2.20. The number of hydrogen-bond acceptors (Lipinski definition) is 5. The molecule has 0 spiro atoms. The Balaban J connectivity index is 1.77. The summed E-state index contributed by atoms with van der Waals surface area (Å²) in [6, 6.07) is 5.10. The summed E-state index contributed by atoms with van der Waals surface area (Å²) in [4.78, 5) is 4.34. The van der Waals surface area contributed by atoms with Gasteiger partial charge in [-0.05, 0) is 37.5 Å². The maximum absolute atomic E-state index is 9.85. The number of benzene rings is 1. The lowest BCUT2D eigenvalue weighted by Crippen LogP contribution is -2.21. The third-order valence-electron chi connectivity index (χ3n) is 3.34. The minimum absolute atomic E-state index is 0.123. The minimum atomic E-state index is 0.123. The molecule has 0 saturated carbocycles. The van der Waals surface area contributed by atoms with Gasteiger partial charge in [-0.3, -0.25) is 0 Å². The number of phenolic OH excluding ortho intramolecular Hbond substituents is 1. The number of aromatic hydroxyl groups is 1. The SMILES string of the molecule is Oc1ccc(Br)cc1-c1nc(CC2CCCCO2)no1. The van der Waals surface area contributed by atoms with E-state index in [1.807, 2.05) is 0 Å². The molecule has 1 N–H and O–H groups in total. The summed E-state index contributed by atoms with van der Waals surface area (Å²) in [7, 11) is 0. The fourth-order valence-corrected chi connectivity index (χ4v) is 2.66. The van der Waals surface area contributed by atoms with Gasteiger partial charge in [0.25, 0.3) is 5.89 Å². The Labute approximate surface area is 125 Å². The highest BCUT2D eigenvalue weighted by molar-refractivity contribution is 9.10. The van der Waals surface area contributed by atoms with E-state index in [1.165, 1.54) is 6.42 Å². The van der Waals surface area contributed by atoms with E-state index in [9.17, 15) is 5.11 Å². The van der Waals surface area contributed by atoms with E-state index in [0.29, 0.717) is 23.7 Å². The normalized spacial score (nSPS) is 19.1. The Morgan fingerprint density at radius 1 is 1.35 bits per heavy atom. The van der Waals surface area contributed by atoms with Crippen molar-refractivity contribution in [2.24, 2.45) is 0 Å². The van der Waals surface area contributed by atoms with Gasteiger partial charge in [0.2, 0.25) is 0 Å². The molecule has 1 unspecified atom stereocenters. The van der Waals surface area contributed by atoms with Crippen LogP contribution in [-0.4, -0.2) is 28.0 Å². The highest BCUT2D eigenvalue weighted by atomic mass is 79.9. The van der Waals surface area contributed by atoms with Gasteiger partial charge in [-0.25, -0.2) is 0 Å². The second-order valence-corrected chi connectivity index (χ2v) is 5.79. The van der Waals surface area contributed by atoms with E-state index in [-0.39, 0.29) is 11.9 Å². The molecule has 1 aliphatic heterocycles. The predicted molar refractivity (Wildman–Crippen MR) is 76.4 cm³/mol. The van der Waals surface area contributed by atoms with Crippen molar-refractivity contribution < 1.29 is 14.4 Å². The highest BCUT2D eigenvalue weighted by Gasteiger charge is 2.19. The molecule has 1 fully saturated rings. The van der Waals surface area contributed by atoms with Gasteiger partial charge in [0.05, 0.1) is 11.7 Å². The summed E-state index contributed by atoms with van der Waals surface area (Å²) in [5.74, 6) is 1.07. The lowest BCUT2D eigenvalue weighted by molar-refractivity contribution is 0.0153. The van der Waals surface area contributed by atoms with Crippen molar-refractivity contribution in [3.05, 3.63) is 28.5 Å². The van der Waals surface area contributed by atoms with Crippen molar-refractivity contribution in [2.75, 3.05) is 6.61 Å². The van der Waals surface area contributed by atoms with Crippen LogP contribution in [0.15, 0.2) is 27.2 Å². The number of ether oxygens (including phenoxy) is 1. The van der Waals surface area contributed by atoms with Gasteiger partial charge in [-0.1, -0.05) is 21.1 Å². The second kappa shape index (κ2) is 5.93. The first-order valence-corrected chi connectivity index (χ1v) is 7.45. The third kappa shape index (κ3) is 3.02. The standard InChI is InChI=1S/C14H15BrN2O3/c15-9-4-5-12(18)11(7-9)14-16-13(17-20-14)8-10-3-1-2-6-19-10/h4-5,7,10,18H,1-3,6,8H2. The van der Waals surface area contributed by atoms with E-state index < -0.39 is 0 Å². The lowest BCUT2D eigenvalue weighted by atomic mass is 10.1. The Hall–Kier alpha value is -1.40. The van der Waals surface area contributed by atoms with Gasteiger partial charge < -0.3 is 14.4 Å². The second-order valence-electron chi connectivity index (χ2n) is 4.87. The van der Waals surface area contributed by atoms with Crippen LogP contribution < -0.4 is 0 Å². The number of phenols is 1. The quantitative estimate of drug-likeness (QED) is 0.929. The summed E-state index contributed by atoms with van der Waals surface area (Å²) in [6.45, 7) is 0.807. The van der Waals surface area contributed by atoms with Crippen molar-refractivity contribution in [1.82, 2.24) is 10.1 Å². The molecule has 0 bridgehead atoms. The Morgan fingerprint density at radius 2 is 2.25 bits per heavy atom.